The smallest absolute Gasteiger partial charge is 0.248 e. The number of likely N-dealkylation sites (N-methyl/N-ethyl adjacent to an activating group) is 1. The number of aryl methyl sites for hydroxylation is 2. The Morgan fingerprint density at radius 3 is 2.34 bits per heavy atom. The number of hydrogen-bond donors (Lipinski definition) is 4. The Morgan fingerprint density at radius 1 is 1.02 bits per heavy atom. The van der Waals surface area contributed by atoms with Crippen molar-refractivity contribution in [1.82, 2.24) is 19.8 Å². The number of amides is 2. The normalized spacial score (nSPS) is 13.8. The van der Waals surface area contributed by atoms with Crippen LogP contribution in [0.3, 0.4) is 0 Å². The third-order valence-corrected chi connectivity index (χ3v) is 12.3. The van der Waals surface area contributed by atoms with E-state index in [0.29, 0.717) is 54.4 Å². The number of hydrogen-bond acceptors (Lipinski definition) is 8. The highest BCUT2D eigenvalue weighted by molar-refractivity contribution is 8.12. The number of nitrogens with two attached hydrogens (primary N) is 1. The maximum atomic E-state index is 14.1. The van der Waals surface area contributed by atoms with Crippen molar-refractivity contribution >= 4 is 27.2 Å². The van der Waals surface area contributed by atoms with Crippen molar-refractivity contribution < 1.29 is 27.8 Å². The number of amidine groups is 1. The second kappa shape index (κ2) is 19.9. The molecule has 12 nitrogen and oxygen atoms in total. The summed E-state index contributed by atoms with van der Waals surface area (Å²) in [6.07, 6.45) is 8.34. The van der Waals surface area contributed by atoms with Crippen molar-refractivity contribution in [3.05, 3.63) is 58.7 Å². The van der Waals surface area contributed by atoms with Crippen molar-refractivity contribution in [2.24, 2.45) is 10.7 Å². The van der Waals surface area contributed by atoms with Gasteiger partial charge in [-0.15, -0.1) is 9.53 Å². The van der Waals surface area contributed by atoms with Crippen LogP contribution >= 0.6 is 0 Å². The van der Waals surface area contributed by atoms with E-state index >= 15 is 0 Å². The maximum Gasteiger partial charge on any atom is 0.248 e. The molecule has 0 radical (unpaired) electrons. The zero-order chi connectivity index (χ0) is 36.6. The Kier molecular flexibility index (Phi) is 16.3. The largest absolute Gasteiger partial charge is 0.497 e. The SMILES string of the molecule is COc1cc(C)c(S(C)(=O)(O)N(C)CCOCC(=O)N(CCCCCNC(=O)CCCCCCN)Cc2ccc(C3=NCCN3)cc2)c(C)c1. The van der Waals surface area contributed by atoms with Gasteiger partial charge in [0.1, 0.15) is 18.2 Å². The minimum atomic E-state index is -4.41. The van der Waals surface area contributed by atoms with Crippen LogP contribution in [0, 0.1) is 13.8 Å². The van der Waals surface area contributed by atoms with Gasteiger partial charge in [-0.2, -0.15) is 4.21 Å². The Hall–Kier alpha value is -3.36. The first-order valence-corrected chi connectivity index (χ1v) is 20.1. The zero-order valence-electron chi connectivity index (χ0n) is 30.8. The van der Waals surface area contributed by atoms with Gasteiger partial charge in [0.25, 0.3) is 0 Å². The number of unbranched alkanes of at least 4 members (excludes halogenated alkanes) is 5. The van der Waals surface area contributed by atoms with Crippen molar-refractivity contribution in [2.45, 2.75) is 76.7 Å². The summed E-state index contributed by atoms with van der Waals surface area (Å²) in [4.78, 5) is 32.2. The molecule has 0 saturated carbocycles. The third kappa shape index (κ3) is 12.4. The van der Waals surface area contributed by atoms with Gasteiger partial charge in [-0.25, -0.2) is 4.31 Å². The van der Waals surface area contributed by atoms with Crippen LogP contribution in [0.15, 0.2) is 46.3 Å². The standard InChI is InChI=1S/C37H60N6O6S/c1-29-25-33(48-4)26-30(2)36(29)50(5,46,47)42(3)23-24-49-28-35(45)43(27-31-14-16-32(17-15-31)37-40-20-21-41-37)22-12-8-11-19-39-34(44)13-9-6-7-10-18-38/h14-17,25-26H,6-13,18-24,27-28,38H2,1-5H3,(H,39,44)(H,40,41)(H,46,47). The minimum absolute atomic E-state index is 0.0836. The molecule has 3 rings (SSSR count). The molecule has 1 heterocycles. The van der Waals surface area contributed by atoms with Crippen molar-refractivity contribution in [1.29, 1.82) is 0 Å². The maximum absolute atomic E-state index is 14.1. The van der Waals surface area contributed by atoms with Crippen LogP contribution < -0.4 is 21.1 Å². The molecule has 1 aliphatic rings. The van der Waals surface area contributed by atoms with Gasteiger partial charge in [-0.3, -0.25) is 19.1 Å². The number of rotatable bonds is 23. The molecular formula is C37H60N6O6S. The predicted octanol–water partition coefficient (Wildman–Crippen LogP) is 4.03. The predicted molar refractivity (Wildman–Crippen MR) is 201 cm³/mol. The summed E-state index contributed by atoms with van der Waals surface area (Å²) >= 11 is 0. The molecule has 0 spiro atoms. The molecule has 2 amide bonds. The van der Waals surface area contributed by atoms with Gasteiger partial charge < -0.3 is 30.7 Å². The highest BCUT2D eigenvalue weighted by atomic mass is 32.3. The molecule has 2 aromatic rings. The van der Waals surface area contributed by atoms with Gasteiger partial charge in [-0.05, 0) is 81.3 Å². The van der Waals surface area contributed by atoms with Crippen LogP contribution in [0.2, 0.25) is 0 Å². The van der Waals surface area contributed by atoms with E-state index in [0.717, 1.165) is 75.0 Å². The second-order valence-electron chi connectivity index (χ2n) is 13.3. The van der Waals surface area contributed by atoms with E-state index in [4.69, 9.17) is 15.2 Å². The van der Waals surface area contributed by atoms with E-state index in [1.807, 2.05) is 24.3 Å². The van der Waals surface area contributed by atoms with E-state index in [1.54, 1.807) is 45.0 Å². The molecule has 0 saturated heterocycles. The Labute approximate surface area is 298 Å². The topological polar surface area (TPSA) is 159 Å². The summed E-state index contributed by atoms with van der Waals surface area (Å²) in [6.45, 7) is 7.60. The van der Waals surface area contributed by atoms with Crippen molar-refractivity contribution in [3.63, 3.8) is 0 Å². The van der Waals surface area contributed by atoms with E-state index in [2.05, 4.69) is 15.6 Å². The molecule has 5 N–H and O–H groups in total. The summed E-state index contributed by atoms with van der Waals surface area (Å²) in [7, 11) is -1.25. The third-order valence-electron chi connectivity index (χ3n) is 9.06. The molecular weight excluding hydrogens is 657 g/mol. The van der Waals surface area contributed by atoms with Crippen molar-refractivity contribution in [3.8, 4) is 5.75 Å². The number of methoxy groups -OCH3 is 1. The van der Waals surface area contributed by atoms with Crippen LogP contribution in [0.4, 0.5) is 0 Å². The number of nitrogens with zero attached hydrogens (tertiary/aromatic N) is 3. The highest BCUT2D eigenvalue weighted by Gasteiger charge is 2.33. The van der Waals surface area contributed by atoms with E-state index in [1.165, 1.54) is 10.6 Å². The second-order valence-corrected chi connectivity index (χ2v) is 16.8. The number of carbonyl (C=O) groups excluding carboxylic acids is 2. The van der Waals surface area contributed by atoms with Gasteiger partial charge in [0.2, 0.25) is 11.8 Å². The average molecular weight is 717 g/mol. The molecule has 0 unspecified atom stereocenters. The summed E-state index contributed by atoms with van der Waals surface area (Å²) in [5.74, 6) is 1.45. The number of aliphatic imine (C=N–C) groups is 1. The lowest BCUT2D eigenvalue weighted by Crippen LogP contribution is -2.49. The molecule has 13 heteroatoms. The molecule has 0 atom stereocenters. The average Bonchev–Trinajstić information content (AvgIpc) is 3.62. The van der Waals surface area contributed by atoms with Crippen LogP contribution in [0.5, 0.6) is 5.75 Å². The lowest BCUT2D eigenvalue weighted by Gasteiger charge is -2.48. The summed E-state index contributed by atoms with van der Waals surface area (Å²) in [5, 5.41) is 6.29. The summed E-state index contributed by atoms with van der Waals surface area (Å²) in [6, 6.07) is 11.6. The first-order chi connectivity index (χ1) is 23.8. The van der Waals surface area contributed by atoms with Gasteiger partial charge in [-0.1, -0.05) is 37.1 Å². The fraction of sp³-hybridized carbons (Fsp3) is 0.595. The summed E-state index contributed by atoms with van der Waals surface area (Å²) < 4.78 is 38.1. The quantitative estimate of drug-likeness (QED) is 0.126. The van der Waals surface area contributed by atoms with Crippen LogP contribution in [-0.2, 0) is 30.4 Å². The first kappa shape index (κ1) is 41.1. The Morgan fingerprint density at radius 2 is 1.70 bits per heavy atom. The fourth-order valence-corrected chi connectivity index (χ4v) is 8.58. The molecule has 0 aromatic heterocycles. The zero-order valence-corrected chi connectivity index (χ0v) is 31.6. The van der Waals surface area contributed by atoms with Crippen LogP contribution in [-0.4, -0.2) is 109 Å². The van der Waals surface area contributed by atoms with Gasteiger partial charge in [0, 0.05) is 58.0 Å². The first-order valence-electron chi connectivity index (χ1n) is 17.8. The number of ether oxygens (including phenoxy) is 2. The van der Waals surface area contributed by atoms with Crippen LogP contribution in [0.1, 0.15) is 73.6 Å². The number of benzene rings is 2. The molecule has 0 bridgehead atoms. The summed E-state index contributed by atoms with van der Waals surface area (Å²) in [5.41, 5.74) is 8.88. The monoisotopic (exact) mass is 716 g/mol. The molecule has 1 aliphatic heterocycles. The minimum Gasteiger partial charge on any atom is -0.497 e. The molecule has 2 aromatic carbocycles. The Balaban J connectivity index is 1.53. The van der Waals surface area contributed by atoms with Gasteiger partial charge >= 0.3 is 0 Å². The van der Waals surface area contributed by atoms with Crippen molar-refractivity contribution in [2.75, 3.05) is 72.9 Å². The van der Waals surface area contributed by atoms with E-state index in [-0.39, 0.29) is 31.6 Å². The lowest BCUT2D eigenvalue weighted by molar-refractivity contribution is -0.136. The molecule has 0 aliphatic carbocycles. The molecule has 0 fully saturated rings. The number of nitrogens with one attached hydrogen (secondary N) is 2. The van der Waals surface area contributed by atoms with Gasteiger partial charge in [0.15, 0.2) is 0 Å². The van der Waals surface area contributed by atoms with E-state index in [9.17, 15) is 18.4 Å². The van der Waals surface area contributed by atoms with Crippen LogP contribution in [0.25, 0.3) is 0 Å². The fourth-order valence-electron chi connectivity index (χ4n) is 6.16. The molecule has 280 valence electrons. The van der Waals surface area contributed by atoms with E-state index < -0.39 is 9.53 Å². The highest BCUT2D eigenvalue weighted by Crippen LogP contribution is 2.38. The number of carbonyl (C=O) groups is 2. The Bertz CT molecular complexity index is 1470. The lowest BCUT2D eigenvalue weighted by atomic mass is 10.1. The molecule has 50 heavy (non-hydrogen) atoms. The van der Waals surface area contributed by atoms with Gasteiger partial charge in [0.05, 0.1) is 25.2 Å².